The second kappa shape index (κ2) is 9.64. The molecule has 1 aliphatic heterocycles. The lowest BCUT2D eigenvalue weighted by Crippen LogP contribution is -2.29. The predicted octanol–water partition coefficient (Wildman–Crippen LogP) is 6.25. The zero-order chi connectivity index (χ0) is 25.4. The Morgan fingerprint density at radius 1 is 0.914 bits per heavy atom. The number of carbonyl (C=O) groups is 2. The van der Waals surface area contributed by atoms with Gasteiger partial charge in [0, 0.05) is 5.69 Å². The van der Waals surface area contributed by atoms with Crippen molar-refractivity contribution in [3.8, 4) is 11.5 Å². The van der Waals surface area contributed by atoms with Gasteiger partial charge in [-0.3, -0.25) is 14.5 Å². The molecule has 0 bridgehead atoms. The van der Waals surface area contributed by atoms with Crippen molar-refractivity contribution >= 4 is 46.3 Å². The van der Waals surface area contributed by atoms with E-state index in [1.54, 1.807) is 6.07 Å². The average Bonchev–Trinajstić information content (AvgIpc) is 3.09. The molecule has 1 aliphatic rings. The molecule has 0 saturated carbocycles. The van der Waals surface area contributed by atoms with Crippen LogP contribution in [0, 0.1) is 13.8 Å². The first-order valence-electron chi connectivity index (χ1n) is 10.7. The van der Waals surface area contributed by atoms with Crippen molar-refractivity contribution in [1.29, 1.82) is 0 Å². The van der Waals surface area contributed by atoms with Crippen molar-refractivity contribution in [3.05, 3.63) is 92.5 Å². The topological polar surface area (TPSA) is 76.1 Å². The Balaban J connectivity index is 2.03. The Morgan fingerprint density at radius 3 is 2.14 bits per heavy atom. The van der Waals surface area contributed by atoms with Gasteiger partial charge in [-0.1, -0.05) is 65.2 Å². The van der Waals surface area contributed by atoms with Crippen LogP contribution in [0.25, 0.3) is 5.76 Å². The van der Waals surface area contributed by atoms with Crippen LogP contribution in [0.3, 0.4) is 0 Å². The van der Waals surface area contributed by atoms with Gasteiger partial charge in [0.05, 0.1) is 36.4 Å². The second-order valence-electron chi connectivity index (χ2n) is 8.21. The van der Waals surface area contributed by atoms with E-state index in [-0.39, 0.29) is 32.7 Å². The fourth-order valence-electron chi connectivity index (χ4n) is 4.32. The molecule has 180 valence electrons. The molecule has 4 rings (SSSR count). The van der Waals surface area contributed by atoms with E-state index in [2.05, 4.69) is 0 Å². The lowest BCUT2D eigenvalue weighted by Gasteiger charge is -2.26. The molecule has 3 aromatic carbocycles. The number of hydrogen-bond acceptors (Lipinski definition) is 5. The molecule has 0 aliphatic carbocycles. The van der Waals surface area contributed by atoms with E-state index in [1.807, 2.05) is 56.3 Å². The standard InChI is InChI=1S/C27H23Cl2NO5/c1-14-7-5-9-16(11-14)22-20(24(32)27(33)30(22)17-10-6-8-15(2)12-17)23(31)18-13-19(28)26(35-4)21(29)25(18)34-3/h5-13,22,31H,1-4H3/b23-20+. The summed E-state index contributed by atoms with van der Waals surface area (Å²) in [5.74, 6) is -1.81. The third-order valence-electron chi connectivity index (χ3n) is 5.88. The van der Waals surface area contributed by atoms with E-state index >= 15 is 0 Å². The van der Waals surface area contributed by atoms with Crippen molar-refractivity contribution in [2.75, 3.05) is 19.1 Å². The van der Waals surface area contributed by atoms with Crippen molar-refractivity contribution in [2.24, 2.45) is 0 Å². The number of ether oxygens (including phenoxy) is 2. The van der Waals surface area contributed by atoms with E-state index in [0.29, 0.717) is 11.3 Å². The fraction of sp³-hybridized carbons (Fsp3) is 0.185. The lowest BCUT2D eigenvalue weighted by atomic mass is 9.94. The van der Waals surface area contributed by atoms with Crippen LogP contribution in [-0.2, 0) is 9.59 Å². The summed E-state index contributed by atoms with van der Waals surface area (Å²) in [6.07, 6.45) is 0. The Hall–Kier alpha value is -3.48. The van der Waals surface area contributed by atoms with Crippen LogP contribution in [0.5, 0.6) is 11.5 Å². The van der Waals surface area contributed by atoms with Gasteiger partial charge in [0.25, 0.3) is 11.7 Å². The minimum absolute atomic E-state index is 0.0315. The first kappa shape index (κ1) is 24.6. The summed E-state index contributed by atoms with van der Waals surface area (Å²) in [7, 11) is 2.77. The summed E-state index contributed by atoms with van der Waals surface area (Å²) in [6.45, 7) is 3.81. The number of Topliss-reactive ketones (excluding diaryl/α,β-unsaturated/α-hetero) is 1. The molecule has 1 unspecified atom stereocenters. The number of aliphatic hydroxyl groups excluding tert-OH is 1. The van der Waals surface area contributed by atoms with Crippen LogP contribution in [0.1, 0.15) is 28.3 Å². The molecule has 1 saturated heterocycles. The zero-order valence-electron chi connectivity index (χ0n) is 19.6. The zero-order valence-corrected chi connectivity index (χ0v) is 21.1. The number of carbonyl (C=O) groups excluding carboxylic acids is 2. The maximum absolute atomic E-state index is 13.4. The van der Waals surface area contributed by atoms with Crippen LogP contribution >= 0.6 is 23.2 Å². The molecular weight excluding hydrogens is 489 g/mol. The van der Waals surface area contributed by atoms with E-state index < -0.39 is 23.5 Å². The van der Waals surface area contributed by atoms with Gasteiger partial charge in [-0.05, 0) is 43.2 Å². The van der Waals surface area contributed by atoms with Crippen LogP contribution in [-0.4, -0.2) is 31.0 Å². The highest BCUT2D eigenvalue weighted by Crippen LogP contribution is 2.48. The van der Waals surface area contributed by atoms with Crippen molar-refractivity contribution in [3.63, 3.8) is 0 Å². The van der Waals surface area contributed by atoms with Gasteiger partial charge in [-0.2, -0.15) is 0 Å². The minimum atomic E-state index is -0.888. The van der Waals surface area contributed by atoms with E-state index in [1.165, 1.54) is 25.2 Å². The molecule has 1 atom stereocenters. The molecule has 1 N–H and O–H groups in total. The maximum Gasteiger partial charge on any atom is 0.300 e. The Morgan fingerprint density at radius 2 is 1.54 bits per heavy atom. The van der Waals surface area contributed by atoms with Crippen LogP contribution in [0.15, 0.2) is 60.2 Å². The third kappa shape index (κ3) is 4.24. The number of rotatable bonds is 5. The summed E-state index contributed by atoms with van der Waals surface area (Å²) >= 11 is 12.8. The van der Waals surface area contributed by atoms with Gasteiger partial charge in [0.1, 0.15) is 10.8 Å². The van der Waals surface area contributed by atoms with Crippen molar-refractivity contribution < 1.29 is 24.2 Å². The number of methoxy groups -OCH3 is 2. The van der Waals surface area contributed by atoms with E-state index in [4.69, 9.17) is 32.7 Å². The number of ketones is 1. The first-order valence-corrected chi connectivity index (χ1v) is 11.5. The van der Waals surface area contributed by atoms with E-state index in [9.17, 15) is 14.7 Å². The molecule has 0 aromatic heterocycles. The molecule has 3 aromatic rings. The smallest absolute Gasteiger partial charge is 0.300 e. The number of hydrogen-bond donors (Lipinski definition) is 1. The van der Waals surface area contributed by atoms with Crippen LogP contribution < -0.4 is 14.4 Å². The summed E-state index contributed by atoms with van der Waals surface area (Å²) in [5.41, 5.74) is 3.03. The SMILES string of the molecule is COc1c(Cl)cc(/C(O)=C2\C(=O)C(=O)N(c3cccc(C)c3)C2c2cccc(C)c2)c(OC)c1Cl. The van der Waals surface area contributed by atoms with Crippen molar-refractivity contribution in [1.82, 2.24) is 0 Å². The van der Waals surface area contributed by atoms with Crippen molar-refractivity contribution in [2.45, 2.75) is 19.9 Å². The predicted molar refractivity (Wildman–Crippen MR) is 137 cm³/mol. The Bertz CT molecular complexity index is 1380. The number of nitrogens with zero attached hydrogens (tertiary/aromatic N) is 1. The van der Waals surface area contributed by atoms with Gasteiger partial charge in [0.2, 0.25) is 0 Å². The molecule has 1 amide bonds. The molecule has 1 fully saturated rings. The highest BCUT2D eigenvalue weighted by molar-refractivity contribution is 6.52. The second-order valence-corrected chi connectivity index (χ2v) is 8.99. The van der Waals surface area contributed by atoms with Gasteiger partial charge in [-0.15, -0.1) is 0 Å². The summed E-state index contributed by atoms with van der Waals surface area (Å²) < 4.78 is 10.7. The largest absolute Gasteiger partial charge is 0.507 e. The molecular formula is C27H23Cl2NO5. The number of aryl methyl sites for hydroxylation is 2. The minimum Gasteiger partial charge on any atom is -0.507 e. The van der Waals surface area contributed by atoms with E-state index in [0.717, 1.165) is 11.1 Å². The third-order valence-corrected chi connectivity index (χ3v) is 6.50. The number of amides is 1. The summed E-state index contributed by atoms with van der Waals surface area (Å²) in [5, 5.41) is 11.6. The maximum atomic E-state index is 13.4. The summed E-state index contributed by atoms with van der Waals surface area (Å²) in [4.78, 5) is 28.2. The molecule has 8 heteroatoms. The van der Waals surface area contributed by atoms with Gasteiger partial charge in [-0.25, -0.2) is 0 Å². The number of aliphatic hydroxyl groups is 1. The number of anilines is 1. The Kier molecular flexibility index (Phi) is 6.79. The molecule has 0 radical (unpaired) electrons. The first-order chi connectivity index (χ1) is 16.7. The van der Waals surface area contributed by atoms with Gasteiger partial charge < -0.3 is 14.6 Å². The molecule has 6 nitrogen and oxygen atoms in total. The monoisotopic (exact) mass is 511 g/mol. The molecule has 35 heavy (non-hydrogen) atoms. The van der Waals surface area contributed by atoms with Crippen LogP contribution in [0.2, 0.25) is 10.0 Å². The number of benzene rings is 3. The quantitative estimate of drug-likeness (QED) is 0.248. The highest BCUT2D eigenvalue weighted by Gasteiger charge is 2.47. The van der Waals surface area contributed by atoms with Gasteiger partial charge >= 0.3 is 0 Å². The highest BCUT2D eigenvalue weighted by atomic mass is 35.5. The number of halogens is 2. The van der Waals surface area contributed by atoms with Gasteiger partial charge in [0.15, 0.2) is 11.5 Å². The molecule has 1 heterocycles. The normalized spacial score (nSPS) is 17.1. The Labute approximate surface area is 213 Å². The fourth-order valence-corrected chi connectivity index (χ4v) is 5.01. The van der Waals surface area contributed by atoms with Crippen LogP contribution in [0.4, 0.5) is 5.69 Å². The average molecular weight is 512 g/mol. The molecule has 0 spiro atoms. The lowest BCUT2D eigenvalue weighted by molar-refractivity contribution is -0.132. The summed E-state index contributed by atoms with van der Waals surface area (Å²) in [6, 6.07) is 15.2.